The molecule has 2 rings (SSSR count). The third-order valence-electron chi connectivity index (χ3n) is 2.56. The number of thioether (sulfide) groups is 2. The number of halogens is 1. The van der Waals surface area contributed by atoms with Crippen LogP contribution in [0.1, 0.15) is 0 Å². The largest absolute Gasteiger partial charge is 0.378 e. The number of rotatable bonds is 4. The Hall–Kier alpha value is -0.590. The van der Waals surface area contributed by atoms with E-state index >= 15 is 0 Å². The van der Waals surface area contributed by atoms with Crippen LogP contribution in [-0.2, 0) is 0 Å². The summed E-state index contributed by atoms with van der Waals surface area (Å²) in [6, 6.07) is 4.59. The summed E-state index contributed by atoms with van der Waals surface area (Å²) >= 11 is 9.72. The van der Waals surface area contributed by atoms with Crippen LogP contribution >= 0.6 is 35.1 Å². The number of nitro groups is 1. The molecule has 4 nitrogen and oxygen atoms in total. The minimum atomic E-state index is -0.387. The van der Waals surface area contributed by atoms with Crippen molar-refractivity contribution in [3.63, 3.8) is 0 Å². The van der Waals surface area contributed by atoms with Gasteiger partial charge in [-0.05, 0) is 12.1 Å². The minimum Gasteiger partial charge on any atom is -0.378 e. The predicted octanol–water partition coefficient (Wildman–Crippen LogP) is 3.51. The van der Waals surface area contributed by atoms with E-state index in [1.807, 2.05) is 23.5 Å². The molecule has 1 aromatic rings. The van der Waals surface area contributed by atoms with Gasteiger partial charge in [0.1, 0.15) is 5.69 Å². The highest BCUT2D eigenvalue weighted by Crippen LogP contribution is 2.29. The van der Waals surface area contributed by atoms with E-state index in [9.17, 15) is 10.1 Å². The molecule has 98 valence electrons. The predicted molar refractivity (Wildman–Crippen MR) is 80.2 cm³/mol. The number of nitrogens with one attached hydrogen (secondary N) is 1. The second kappa shape index (κ2) is 6.54. The molecule has 0 aromatic heterocycles. The van der Waals surface area contributed by atoms with Gasteiger partial charge in [0.2, 0.25) is 0 Å². The van der Waals surface area contributed by atoms with Crippen molar-refractivity contribution >= 4 is 46.5 Å². The molecule has 18 heavy (non-hydrogen) atoms. The van der Waals surface area contributed by atoms with Gasteiger partial charge in [-0.1, -0.05) is 11.6 Å². The fourth-order valence-corrected chi connectivity index (χ4v) is 4.47. The van der Waals surface area contributed by atoms with E-state index in [-0.39, 0.29) is 10.6 Å². The highest BCUT2D eigenvalue weighted by atomic mass is 35.5. The first-order valence-corrected chi connectivity index (χ1v) is 8.12. The molecule has 0 saturated carbocycles. The lowest BCUT2D eigenvalue weighted by atomic mass is 10.2. The summed E-state index contributed by atoms with van der Waals surface area (Å²) in [6.07, 6.45) is 0. The Labute approximate surface area is 119 Å². The third kappa shape index (κ3) is 3.70. The average molecular weight is 305 g/mol. The van der Waals surface area contributed by atoms with E-state index in [1.54, 1.807) is 6.07 Å². The minimum absolute atomic E-state index is 0.0767. The summed E-state index contributed by atoms with van der Waals surface area (Å²) in [4.78, 5) is 10.5. The van der Waals surface area contributed by atoms with E-state index in [0.29, 0.717) is 16.0 Å². The Morgan fingerprint density at radius 3 is 3.00 bits per heavy atom. The van der Waals surface area contributed by atoms with E-state index in [0.717, 1.165) is 18.1 Å². The molecule has 0 spiro atoms. The topological polar surface area (TPSA) is 55.2 Å². The van der Waals surface area contributed by atoms with Crippen LogP contribution in [0.3, 0.4) is 0 Å². The molecule has 7 heteroatoms. The maximum atomic E-state index is 10.9. The fourth-order valence-electron chi connectivity index (χ4n) is 1.69. The second-order valence-electron chi connectivity index (χ2n) is 3.87. The maximum Gasteiger partial charge on any atom is 0.292 e. The van der Waals surface area contributed by atoms with Crippen molar-refractivity contribution in [3.8, 4) is 0 Å². The molecule has 1 unspecified atom stereocenters. The SMILES string of the molecule is O=[N+]([O-])c1ccc(Cl)cc1NCC1CSCCS1. The zero-order chi connectivity index (χ0) is 13.0. The highest BCUT2D eigenvalue weighted by Gasteiger charge is 2.17. The Kier molecular flexibility index (Phi) is 5.03. The number of anilines is 1. The number of hydrogen-bond donors (Lipinski definition) is 1. The molecule has 0 radical (unpaired) electrons. The number of benzene rings is 1. The van der Waals surface area contributed by atoms with Gasteiger partial charge in [-0.3, -0.25) is 10.1 Å². The van der Waals surface area contributed by atoms with Crippen LogP contribution in [0.4, 0.5) is 11.4 Å². The zero-order valence-corrected chi connectivity index (χ0v) is 12.0. The zero-order valence-electron chi connectivity index (χ0n) is 9.60. The summed E-state index contributed by atoms with van der Waals surface area (Å²) in [5, 5.41) is 15.1. The first-order valence-electron chi connectivity index (χ1n) is 5.54. The number of nitro benzene ring substituents is 1. The quantitative estimate of drug-likeness (QED) is 0.681. The summed E-state index contributed by atoms with van der Waals surface area (Å²) < 4.78 is 0. The normalized spacial score (nSPS) is 19.5. The lowest BCUT2D eigenvalue weighted by Gasteiger charge is -2.21. The van der Waals surface area contributed by atoms with Crippen molar-refractivity contribution in [2.45, 2.75) is 5.25 Å². The van der Waals surface area contributed by atoms with Crippen LogP contribution in [0.2, 0.25) is 5.02 Å². The molecule has 0 bridgehead atoms. The molecule has 0 aliphatic carbocycles. The van der Waals surface area contributed by atoms with Crippen LogP contribution in [0, 0.1) is 10.1 Å². The van der Waals surface area contributed by atoms with Crippen LogP contribution in [0.25, 0.3) is 0 Å². The molecule has 1 fully saturated rings. The summed E-state index contributed by atoms with van der Waals surface area (Å²) in [6.45, 7) is 0.735. The summed E-state index contributed by atoms with van der Waals surface area (Å²) in [7, 11) is 0. The van der Waals surface area contributed by atoms with E-state index in [4.69, 9.17) is 11.6 Å². The van der Waals surface area contributed by atoms with Crippen LogP contribution < -0.4 is 5.32 Å². The molecule has 1 heterocycles. The smallest absolute Gasteiger partial charge is 0.292 e. The van der Waals surface area contributed by atoms with Crippen molar-refractivity contribution in [1.82, 2.24) is 0 Å². The van der Waals surface area contributed by atoms with Gasteiger partial charge >= 0.3 is 0 Å². The van der Waals surface area contributed by atoms with Crippen molar-refractivity contribution in [1.29, 1.82) is 0 Å². The Morgan fingerprint density at radius 1 is 1.50 bits per heavy atom. The first kappa shape index (κ1) is 13.8. The van der Waals surface area contributed by atoms with E-state index in [2.05, 4.69) is 5.32 Å². The van der Waals surface area contributed by atoms with Gasteiger partial charge in [-0.15, -0.1) is 0 Å². The molecule has 1 saturated heterocycles. The van der Waals surface area contributed by atoms with Crippen molar-refractivity contribution in [3.05, 3.63) is 33.3 Å². The van der Waals surface area contributed by atoms with Crippen molar-refractivity contribution < 1.29 is 4.92 Å². The second-order valence-corrected chi connectivity index (χ2v) is 6.86. The molecular formula is C11H13ClN2O2S2. The van der Waals surface area contributed by atoms with Gasteiger partial charge in [-0.2, -0.15) is 23.5 Å². The van der Waals surface area contributed by atoms with Crippen LogP contribution in [0.5, 0.6) is 0 Å². The van der Waals surface area contributed by atoms with Gasteiger partial charge in [0.05, 0.1) is 4.92 Å². The van der Waals surface area contributed by atoms with Crippen LogP contribution in [0.15, 0.2) is 18.2 Å². The maximum absolute atomic E-state index is 10.9. The molecule has 1 N–H and O–H groups in total. The van der Waals surface area contributed by atoms with Gasteiger partial charge < -0.3 is 5.32 Å². The summed E-state index contributed by atoms with van der Waals surface area (Å²) in [5.41, 5.74) is 0.580. The monoisotopic (exact) mass is 304 g/mol. The molecule has 1 atom stereocenters. The Morgan fingerprint density at radius 2 is 2.33 bits per heavy atom. The standard InChI is InChI=1S/C11H13ClN2O2S2/c12-8-1-2-11(14(15)16)10(5-8)13-6-9-7-17-3-4-18-9/h1-2,5,9,13H,3-4,6-7H2. The van der Waals surface area contributed by atoms with Gasteiger partial charge in [0.25, 0.3) is 5.69 Å². The van der Waals surface area contributed by atoms with Gasteiger partial charge in [0, 0.05) is 40.1 Å². The van der Waals surface area contributed by atoms with E-state index in [1.165, 1.54) is 17.9 Å². The average Bonchev–Trinajstić information content (AvgIpc) is 2.37. The third-order valence-corrected chi connectivity index (χ3v) is 5.64. The molecule has 1 aromatic carbocycles. The molecule has 0 amide bonds. The number of hydrogen-bond acceptors (Lipinski definition) is 5. The number of nitrogens with zero attached hydrogens (tertiary/aromatic N) is 1. The van der Waals surface area contributed by atoms with Crippen molar-refractivity contribution in [2.75, 3.05) is 29.1 Å². The van der Waals surface area contributed by atoms with Gasteiger partial charge in [-0.25, -0.2) is 0 Å². The lowest BCUT2D eigenvalue weighted by molar-refractivity contribution is -0.384. The lowest BCUT2D eigenvalue weighted by Crippen LogP contribution is -2.23. The molecular weight excluding hydrogens is 292 g/mol. The molecule has 1 aliphatic heterocycles. The first-order chi connectivity index (χ1) is 8.66. The van der Waals surface area contributed by atoms with E-state index < -0.39 is 0 Å². The molecule has 1 aliphatic rings. The van der Waals surface area contributed by atoms with Crippen molar-refractivity contribution in [2.24, 2.45) is 0 Å². The summed E-state index contributed by atoms with van der Waals surface area (Å²) in [5.74, 6) is 3.43. The van der Waals surface area contributed by atoms with Gasteiger partial charge in [0.15, 0.2) is 0 Å². The fraction of sp³-hybridized carbons (Fsp3) is 0.455. The Balaban J connectivity index is 2.03. The van der Waals surface area contributed by atoms with Crippen LogP contribution in [-0.4, -0.2) is 34.0 Å². The highest BCUT2D eigenvalue weighted by molar-refractivity contribution is 8.06. The Bertz CT molecular complexity index is 439.